The number of nitrogens with one attached hydrogen (secondary N) is 1. The molecule has 1 unspecified atom stereocenters. The van der Waals surface area contributed by atoms with Gasteiger partial charge in [-0.05, 0) is 12.5 Å². The number of amides is 1. The van der Waals surface area contributed by atoms with Crippen molar-refractivity contribution in [2.45, 2.75) is 58.8 Å². The zero-order valence-corrected chi connectivity index (χ0v) is 14.5. The molecule has 2 rings (SSSR count). The second-order valence-electron chi connectivity index (χ2n) is 5.99. The third-order valence-electron chi connectivity index (χ3n) is 3.96. The molecule has 2 heterocycles. The Labute approximate surface area is 142 Å². The highest BCUT2D eigenvalue weighted by Crippen LogP contribution is 2.14. The molecule has 0 aliphatic rings. The topological polar surface area (TPSA) is 85.6 Å². The number of anilines is 1. The van der Waals surface area contributed by atoms with Crippen molar-refractivity contribution < 1.29 is 4.79 Å². The summed E-state index contributed by atoms with van der Waals surface area (Å²) in [7, 11) is 0. The van der Waals surface area contributed by atoms with Crippen molar-refractivity contribution in [3.63, 3.8) is 0 Å². The van der Waals surface area contributed by atoms with E-state index in [2.05, 4.69) is 32.3 Å². The smallest absolute Gasteiger partial charge is 0.253 e. The third kappa shape index (κ3) is 5.40. The average Bonchev–Trinajstić information content (AvgIpc) is 3.06. The molecule has 0 fully saturated rings. The summed E-state index contributed by atoms with van der Waals surface area (Å²) in [5.41, 5.74) is 0. The largest absolute Gasteiger partial charge is 0.294 e. The Morgan fingerprint density at radius 2 is 1.83 bits per heavy atom. The van der Waals surface area contributed by atoms with E-state index in [-0.39, 0.29) is 11.8 Å². The summed E-state index contributed by atoms with van der Waals surface area (Å²) in [5, 5.41) is 6.89. The lowest BCUT2D eigenvalue weighted by atomic mass is 10.0. The number of aromatic nitrogens is 5. The van der Waals surface area contributed by atoms with E-state index in [0.717, 1.165) is 12.8 Å². The van der Waals surface area contributed by atoms with Gasteiger partial charge in [0.25, 0.3) is 5.95 Å². The molecular weight excluding hydrogens is 304 g/mol. The minimum atomic E-state index is -0.0574. The Morgan fingerprint density at radius 1 is 1.12 bits per heavy atom. The van der Waals surface area contributed by atoms with Gasteiger partial charge in [0, 0.05) is 18.3 Å². The van der Waals surface area contributed by atoms with Crippen LogP contribution in [0.5, 0.6) is 0 Å². The van der Waals surface area contributed by atoms with Gasteiger partial charge in [-0.15, -0.1) is 0 Å². The molecule has 1 N–H and O–H groups in total. The molecule has 2 aromatic heterocycles. The van der Waals surface area contributed by atoms with Crippen LogP contribution in [0.25, 0.3) is 5.95 Å². The highest BCUT2D eigenvalue weighted by molar-refractivity contribution is 5.90. The van der Waals surface area contributed by atoms with Gasteiger partial charge in [0.15, 0.2) is 0 Å². The molecule has 1 amide bonds. The molecule has 2 aromatic rings. The van der Waals surface area contributed by atoms with E-state index in [0.29, 0.717) is 11.9 Å². The minimum Gasteiger partial charge on any atom is -0.294 e. The lowest BCUT2D eigenvalue weighted by Gasteiger charge is -2.11. The van der Waals surface area contributed by atoms with E-state index in [1.165, 1.54) is 43.1 Å². The Hall–Kier alpha value is -2.31. The van der Waals surface area contributed by atoms with Crippen LogP contribution in [0.4, 0.5) is 5.95 Å². The average molecular weight is 330 g/mol. The van der Waals surface area contributed by atoms with Crippen LogP contribution in [0.3, 0.4) is 0 Å². The Bertz CT molecular complexity index is 613. The summed E-state index contributed by atoms with van der Waals surface area (Å²) in [6.45, 7) is 4.16. The number of rotatable bonds is 10. The van der Waals surface area contributed by atoms with Crippen LogP contribution < -0.4 is 5.32 Å². The zero-order valence-electron chi connectivity index (χ0n) is 14.5. The van der Waals surface area contributed by atoms with Gasteiger partial charge in [-0.25, -0.2) is 9.97 Å². The van der Waals surface area contributed by atoms with Gasteiger partial charge in [0.2, 0.25) is 11.9 Å². The lowest BCUT2D eigenvalue weighted by molar-refractivity contribution is -0.119. The maximum Gasteiger partial charge on any atom is 0.253 e. The van der Waals surface area contributed by atoms with Gasteiger partial charge in [-0.1, -0.05) is 52.4 Å². The molecular formula is C17H26N6O. The molecule has 7 nitrogen and oxygen atoms in total. The summed E-state index contributed by atoms with van der Waals surface area (Å²) < 4.78 is 1.43. The Balaban J connectivity index is 1.81. The van der Waals surface area contributed by atoms with Gasteiger partial charge < -0.3 is 0 Å². The number of unbranched alkanes of at least 4 members (excludes halogenated alkanes) is 5. The number of carbonyl (C=O) groups excluding carboxylic acids is 1. The fourth-order valence-electron chi connectivity index (χ4n) is 2.47. The van der Waals surface area contributed by atoms with Crippen LogP contribution >= 0.6 is 0 Å². The molecule has 0 aliphatic heterocycles. The first-order chi connectivity index (χ1) is 11.7. The zero-order chi connectivity index (χ0) is 17.2. The van der Waals surface area contributed by atoms with E-state index in [1.54, 1.807) is 18.5 Å². The van der Waals surface area contributed by atoms with Crippen molar-refractivity contribution in [3.05, 3.63) is 24.8 Å². The van der Waals surface area contributed by atoms with E-state index < -0.39 is 0 Å². The quantitative estimate of drug-likeness (QED) is 0.675. The van der Waals surface area contributed by atoms with Crippen molar-refractivity contribution in [1.29, 1.82) is 0 Å². The van der Waals surface area contributed by atoms with Crippen LogP contribution in [0, 0.1) is 5.92 Å². The molecule has 24 heavy (non-hydrogen) atoms. The van der Waals surface area contributed by atoms with Gasteiger partial charge in [0.1, 0.15) is 6.33 Å². The minimum absolute atomic E-state index is 0.0475. The predicted molar refractivity (Wildman–Crippen MR) is 92.7 cm³/mol. The highest BCUT2D eigenvalue weighted by atomic mass is 16.2. The number of hydrogen-bond donors (Lipinski definition) is 1. The van der Waals surface area contributed by atoms with Crippen molar-refractivity contribution in [3.8, 4) is 5.95 Å². The number of carbonyl (C=O) groups is 1. The summed E-state index contributed by atoms with van der Waals surface area (Å²) in [4.78, 5) is 24.6. The molecule has 0 radical (unpaired) electrons. The first kappa shape index (κ1) is 18.0. The molecule has 7 heteroatoms. The van der Waals surface area contributed by atoms with Gasteiger partial charge >= 0.3 is 0 Å². The molecule has 0 aliphatic carbocycles. The molecule has 0 saturated carbocycles. The predicted octanol–water partition coefficient (Wildman–Crippen LogP) is 3.38. The fraction of sp³-hybridized carbons (Fsp3) is 0.588. The summed E-state index contributed by atoms with van der Waals surface area (Å²) in [6.07, 6.45) is 12.9. The molecule has 130 valence electrons. The van der Waals surface area contributed by atoms with Crippen LogP contribution in [0.15, 0.2) is 24.8 Å². The summed E-state index contributed by atoms with van der Waals surface area (Å²) in [5.74, 6) is 0.627. The van der Waals surface area contributed by atoms with Crippen LogP contribution in [0.1, 0.15) is 58.8 Å². The molecule has 1 atom stereocenters. The van der Waals surface area contributed by atoms with Crippen molar-refractivity contribution >= 4 is 11.9 Å². The summed E-state index contributed by atoms with van der Waals surface area (Å²) >= 11 is 0. The second kappa shape index (κ2) is 9.75. The first-order valence-corrected chi connectivity index (χ1v) is 8.70. The molecule has 0 aromatic carbocycles. The SMILES string of the molecule is CCCCCCCCC(C)C(=O)Nc1ncnn1-c1ncccn1. The maximum atomic E-state index is 12.3. The van der Waals surface area contributed by atoms with Crippen LogP contribution in [0.2, 0.25) is 0 Å². The van der Waals surface area contributed by atoms with E-state index in [4.69, 9.17) is 0 Å². The highest BCUT2D eigenvalue weighted by Gasteiger charge is 2.17. The Morgan fingerprint density at radius 3 is 2.58 bits per heavy atom. The number of nitrogens with zero attached hydrogens (tertiary/aromatic N) is 5. The van der Waals surface area contributed by atoms with Crippen molar-refractivity contribution in [2.75, 3.05) is 5.32 Å². The standard InChI is InChI=1S/C17H26N6O/c1-3-4-5-6-7-8-10-14(2)15(24)22-17-20-13-21-23(17)16-18-11-9-12-19-16/h9,11-14H,3-8,10H2,1-2H3,(H,20,21,22,24). The monoisotopic (exact) mass is 330 g/mol. The van der Waals surface area contributed by atoms with E-state index in [9.17, 15) is 4.79 Å². The first-order valence-electron chi connectivity index (χ1n) is 8.70. The second-order valence-corrected chi connectivity index (χ2v) is 5.99. The van der Waals surface area contributed by atoms with Gasteiger partial charge in [0.05, 0.1) is 0 Å². The maximum absolute atomic E-state index is 12.3. The Kier molecular flexibility index (Phi) is 7.32. The third-order valence-corrected chi connectivity index (χ3v) is 3.96. The fourth-order valence-corrected chi connectivity index (χ4v) is 2.47. The lowest BCUT2D eigenvalue weighted by Crippen LogP contribution is -2.23. The molecule has 0 spiro atoms. The molecule has 0 saturated heterocycles. The van der Waals surface area contributed by atoms with Crippen LogP contribution in [-0.2, 0) is 4.79 Å². The van der Waals surface area contributed by atoms with E-state index in [1.807, 2.05) is 6.92 Å². The van der Waals surface area contributed by atoms with E-state index >= 15 is 0 Å². The summed E-state index contributed by atoms with van der Waals surface area (Å²) in [6, 6.07) is 1.72. The number of hydrogen-bond acceptors (Lipinski definition) is 5. The van der Waals surface area contributed by atoms with Gasteiger partial charge in [-0.3, -0.25) is 10.1 Å². The van der Waals surface area contributed by atoms with Crippen molar-refractivity contribution in [2.24, 2.45) is 5.92 Å². The van der Waals surface area contributed by atoms with Crippen LogP contribution in [-0.4, -0.2) is 30.6 Å². The van der Waals surface area contributed by atoms with Gasteiger partial charge in [-0.2, -0.15) is 14.8 Å². The molecule has 0 bridgehead atoms. The normalized spacial score (nSPS) is 12.1. The van der Waals surface area contributed by atoms with Crippen molar-refractivity contribution in [1.82, 2.24) is 24.7 Å².